The van der Waals surface area contributed by atoms with Gasteiger partial charge in [-0.2, -0.15) is 0 Å². The number of aliphatic hydroxyl groups excluding tert-OH is 2. The molecule has 3 rings (SSSR count). The Kier molecular flexibility index (Phi) is 2.66. The molecule has 0 unspecified atom stereocenters. The minimum absolute atomic E-state index is 0.200. The van der Waals surface area contributed by atoms with Crippen LogP contribution < -0.4 is 5.73 Å². The summed E-state index contributed by atoms with van der Waals surface area (Å²) in [6.07, 6.45) is 1.88. The minimum Gasteiger partial charge on any atom is -0.394 e. The number of aliphatic hydroxyl groups is 2. The maximum Gasteiger partial charge on any atom is 0.145 e. The molecule has 0 bridgehead atoms. The summed E-state index contributed by atoms with van der Waals surface area (Å²) < 4.78 is 7.15. The van der Waals surface area contributed by atoms with Crippen molar-refractivity contribution in [1.29, 1.82) is 0 Å². The second kappa shape index (κ2) is 4.20. The molecule has 2 aromatic heterocycles. The van der Waals surface area contributed by atoms with Gasteiger partial charge < -0.3 is 25.3 Å². The van der Waals surface area contributed by atoms with Gasteiger partial charge in [0.1, 0.15) is 30.0 Å². The number of anilines is 1. The van der Waals surface area contributed by atoms with Crippen LogP contribution in [0.15, 0.2) is 18.6 Å². The molecule has 0 radical (unpaired) electrons. The van der Waals surface area contributed by atoms with E-state index >= 15 is 0 Å². The predicted octanol–water partition coefficient (Wildman–Crippen LogP) is -0.693. The first-order valence-corrected chi connectivity index (χ1v) is 5.70. The summed E-state index contributed by atoms with van der Waals surface area (Å²) in [6, 6.07) is 1.54. The van der Waals surface area contributed by atoms with Gasteiger partial charge in [-0.05, 0) is 6.07 Å². The largest absolute Gasteiger partial charge is 0.394 e. The summed E-state index contributed by atoms with van der Waals surface area (Å²) in [5, 5.41) is 19.9. The molecule has 1 aliphatic rings. The summed E-state index contributed by atoms with van der Waals surface area (Å²) in [5.74, 6) is 0.408. The molecule has 3 heterocycles. The van der Waals surface area contributed by atoms with Crippen LogP contribution in [0.4, 0.5) is 5.82 Å². The molecule has 96 valence electrons. The van der Waals surface area contributed by atoms with Gasteiger partial charge in [0.15, 0.2) is 0 Å². The number of nitrogens with two attached hydrogens (primary N) is 1. The Morgan fingerprint density at radius 2 is 2.33 bits per heavy atom. The molecule has 2 aromatic rings. The van der Waals surface area contributed by atoms with Crippen molar-refractivity contribution in [3.05, 3.63) is 18.6 Å². The van der Waals surface area contributed by atoms with Gasteiger partial charge in [-0.3, -0.25) is 0 Å². The van der Waals surface area contributed by atoms with E-state index in [-0.39, 0.29) is 12.6 Å². The number of hydrogen-bond donors (Lipinski definition) is 3. The van der Waals surface area contributed by atoms with Crippen molar-refractivity contribution < 1.29 is 14.9 Å². The summed E-state index contributed by atoms with van der Waals surface area (Å²) >= 11 is 0. The minimum atomic E-state index is -0.762. The van der Waals surface area contributed by atoms with E-state index in [0.717, 1.165) is 5.39 Å². The molecule has 0 amide bonds. The normalized spacial score (nSPS) is 28.0. The molecular weight excluding hydrogens is 236 g/mol. The number of aromatic nitrogens is 3. The number of nitrogens with zero attached hydrogens (tertiary/aromatic N) is 3. The van der Waals surface area contributed by atoms with E-state index in [1.807, 2.05) is 10.6 Å². The van der Waals surface area contributed by atoms with Crippen LogP contribution in [0, 0.1) is 0 Å². The first-order chi connectivity index (χ1) is 8.72. The van der Waals surface area contributed by atoms with Crippen LogP contribution in [-0.2, 0) is 4.74 Å². The van der Waals surface area contributed by atoms with Crippen molar-refractivity contribution in [3.8, 4) is 0 Å². The molecule has 7 heteroatoms. The van der Waals surface area contributed by atoms with Crippen LogP contribution in [0.25, 0.3) is 11.0 Å². The van der Waals surface area contributed by atoms with Crippen LogP contribution >= 0.6 is 0 Å². The summed E-state index contributed by atoms with van der Waals surface area (Å²) in [4.78, 5) is 8.09. The van der Waals surface area contributed by atoms with Crippen molar-refractivity contribution in [2.45, 2.75) is 18.2 Å². The van der Waals surface area contributed by atoms with Gasteiger partial charge >= 0.3 is 0 Å². The topological polar surface area (TPSA) is 106 Å². The number of hydrogen-bond acceptors (Lipinski definition) is 6. The molecule has 0 aliphatic carbocycles. The van der Waals surface area contributed by atoms with E-state index in [0.29, 0.717) is 18.1 Å². The Labute approximate surface area is 103 Å². The summed E-state index contributed by atoms with van der Waals surface area (Å²) in [5.41, 5.74) is 6.42. The van der Waals surface area contributed by atoms with Crippen molar-refractivity contribution >= 4 is 16.9 Å². The van der Waals surface area contributed by atoms with Crippen LogP contribution in [0.5, 0.6) is 0 Å². The fourth-order valence-corrected chi connectivity index (χ4v) is 2.33. The highest BCUT2D eigenvalue weighted by molar-refractivity contribution is 5.86. The lowest BCUT2D eigenvalue weighted by Crippen LogP contribution is -2.30. The van der Waals surface area contributed by atoms with E-state index in [1.54, 1.807) is 6.20 Å². The SMILES string of the molecule is Nc1ncnc2c1ccn2[C@H]1CO[C@@H](CO)[C@@H]1O. The highest BCUT2D eigenvalue weighted by Crippen LogP contribution is 2.29. The highest BCUT2D eigenvalue weighted by atomic mass is 16.5. The lowest BCUT2D eigenvalue weighted by molar-refractivity contribution is 0.00207. The van der Waals surface area contributed by atoms with Gasteiger partial charge in [-0.15, -0.1) is 0 Å². The van der Waals surface area contributed by atoms with Crippen LogP contribution in [0.1, 0.15) is 6.04 Å². The van der Waals surface area contributed by atoms with Crippen molar-refractivity contribution in [2.24, 2.45) is 0 Å². The third-order valence-corrected chi connectivity index (χ3v) is 3.33. The van der Waals surface area contributed by atoms with Crippen molar-refractivity contribution in [1.82, 2.24) is 14.5 Å². The highest BCUT2D eigenvalue weighted by Gasteiger charge is 2.37. The van der Waals surface area contributed by atoms with E-state index < -0.39 is 12.2 Å². The molecule has 0 spiro atoms. The van der Waals surface area contributed by atoms with Gasteiger partial charge in [0.25, 0.3) is 0 Å². The van der Waals surface area contributed by atoms with E-state index in [1.165, 1.54) is 6.33 Å². The van der Waals surface area contributed by atoms with Gasteiger partial charge in [0.2, 0.25) is 0 Å². The Balaban J connectivity index is 2.03. The standard InChI is InChI=1S/C11H14N4O3/c12-10-6-1-2-15(11(6)14-5-13-10)7-4-18-8(3-16)9(7)17/h1-2,5,7-9,16-17H,3-4H2,(H2,12,13,14)/t7-,8-,9+/m0/s1. The fourth-order valence-electron chi connectivity index (χ4n) is 2.33. The lowest BCUT2D eigenvalue weighted by atomic mass is 10.1. The molecule has 7 nitrogen and oxygen atoms in total. The molecule has 0 aromatic carbocycles. The van der Waals surface area contributed by atoms with Crippen LogP contribution in [0.2, 0.25) is 0 Å². The third-order valence-electron chi connectivity index (χ3n) is 3.33. The zero-order valence-electron chi connectivity index (χ0n) is 9.60. The Hall–Kier alpha value is -1.70. The van der Waals surface area contributed by atoms with Crippen LogP contribution in [0.3, 0.4) is 0 Å². The van der Waals surface area contributed by atoms with E-state index in [4.69, 9.17) is 15.6 Å². The average molecular weight is 250 g/mol. The third kappa shape index (κ3) is 1.56. The second-order valence-corrected chi connectivity index (χ2v) is 4.33. The smallest absolute Gasteiger partial charge is 0.145 e. The summed E-state index contributed by atoms with van der Waals surface area (Å²) in [7, 11) is 0. The first kappa shape index (κ1) is 11.4. The fraction of sp³-hybridized carbons (Fsp3) is 0.455. The zero-order chi connectivity index (χ0) is 12.7. The van der Waals surface area contributed by atoms with Crippen LogP contribution in [-0.4, -0.2) is 50.2 Å². The number of fused-ring (bicyclic) bond motifs is 1. The monoisotopic (exact) mass is 250 g/mol. The van der Waals surface area contributed by atoms with Crippen molar-refractivity contribution in [3.63, 3.8) is 0 Å². The molecular formula is C11H14N4O3. The lowest BCUT2D eigenvalue weighted by Gasteiger charge is -2.17. The molecule has 1 aliphatic heterocycles. The molecule has 1 fully saturated rings. The average Bonchev–Trinajstić information content (AvgIpc) is 2.93. The Morgan fingerprint density at radius 3 is 3.06 bits per heavy atom. The first-order valence-electron chi connectivity index (χ1n) is 5.70. The van der Waals surface area contributed by atoms with Crippen molar-refractivity contribution in [2.75, 3.05) is 18.9 Å². The summed E-state index contributed by atoms with van der Waals surface area (Å²) in [6.45, 7) is 0.133. The van der Waals surface area contributed by atoms with Gasteiger partial charge in [-0.1, -0.05) is 0 Å². The number of ether oxygens (including phenoxy) is 1. The predicted molar refractivity (Wildman–Crippen MR) is 63.8 cm³/mol. The molecule has 4 N–H and O–H groups in total. The maximum atomic E-state index is 10.1. The molecule has 1 saturated heterocycles. The number of rotatable bonds is 2. The molecule has 0 saturated carbocycles. The van der Waals surface area contributed by atoms with Gasteiger partial charge in [-0.25, -0.2) is 9.97 Å². The van der Waals surface area contributed by atoms with Gasteiger partial charge in [0.05, 0.1) is 24.6 Å². The molecule has 3 atom stereocenters. The Bertz CT molecular complexity index is 570. The van der Waals surface area contributed by atoms with E-state index in [2.05, 4.69) is 9.97 Å². The second-order valence-electron chi connectivity index (χ2n) is 4.33. The quantitative estimate of drug-likeness (QED) is 0.651. The number of nitrogen functional groups attached to an aromatic ring is 1. The maximum absolute atomic E-state index is 10.1. The Morgan fingerprint density at radius 1 is 1.50 bits per heavy atom. The molecule has 18 heavy (non-hydrogen) atoms. The zero-order valence-corrected chi connectivity index (χ0v) is 9.60. The van der Waals surface area contributed by atoms with E-state index in [9.17, 15) is 5.11 Å². The van der Waals surface area contributed by atoms with Gasteiger partial charge in [0, 0.05) is 6.20 Å².